The maximum atomic E-state index is 5.63. The first-order valence-corrected chi connectivity index (χ1v) is 5.76. The van der Waals surface area contributed by atoms with E-state index in [9.17, 15) is 0 Å². The first-order valence-electron chi connectivity index (χ1n) is 5.76. The molecule has 0 radical (unpaired) electrons. The van der Waals surface area contributed by atoms with Gasteiger partial charge >= 0.3 is 0 Å². The Labute approximate surface area is 118 Å². The zero-order valence-corrected chi connectivity index (χ0v) is 12.2. The third kappa shape index (κ3) is 2.65. The van der Waals surface area contributed by atoms with Crippen LogP contribution in [0, 0.1) is 19.3 Å². The van der Waals surface area contributed by atoms with Crippen LogP contribution in [0.25, 0.3) is 10.9 Å². The summed E-state index contributed by atoms with van der Waals surface area (Å²) >= 11 is 0. The summed E-state index contributed by atoms with van der Waals surface area (Å²) in [5.74, 6) is 3.60. The van der Waals surface area contributed by atoms with Crippen molar-refractivity contribution in [2.45, 2.75) is 20.4 Å². The SMILES string of the molecule is C#CC[n+]1c(C)ccc2c(OCC)cccc21.[Br-]. The van der Waals surface area contributed by atoms with E-state index in [0.717, 1.165) is 22.3 Å². The van der Waals surface area contributed by atoms with Crippen LogP contribution in [-0.4, -0.2) is 6.61 Å². The number of halogens is 1. The number of fused-ring (bicyclic) bond motifs is 1. The molecule has 0 atom stereocenters. The molecule has 2 rings (SSSR count). The van der Waals surface area contributed by atoms with Crippen molar-refractivity contribution >= 4 is 10.9 Å². The quantitative estimate of drug-likeness (QED) is 0.549. The van der Waals surface area contributed by atoms with E-state index < -0.39 is 0 Å². The number of nitrogens with zero attached hydrogens (tertiary/aromatic N) is 1. The molecule has 1 aromatic heterocycles. The fourth-order valence-electron chi connectivity index (χ4n) is 2.00. The van der Waals surface area contributed by atoms with E-state index in [2.05, 4.69) is 35.6 Å². The maximum absolute atomic E-state index is 5.63. The fraction of sp³-hybridized carbons (Fsp3) is 0.267. The van der Waals surface area contributed by atoms with Gasteiger partial charge in [-0.05, 0) is 25.0 Å². The second kappa shape index (κ2) is 6.42. The molecule has 1 heterocycles. The monoisotopic (exact) mass is 305 g/mol. The van der Waals surface area contributed by atoms with Crippen molar-refractivity contribution < 1.29 is 26.3 Å². The smallest absolute Gasteiger partial charge is 0.217 e. The molecule has 0 saturated heterocycles. The minimum absolute atomic E-state index is 0. The first-order chi connectivity index (χ1) is 8.27. The number of ether oxygens (including phenoxy) is 1. The van der Waals surface area contributed by atoms with E-state index in [1.165, 1.54) is 0 Å². The third-order valence-corrected chi connectivity index (χ3v) is 2.80. The molecule has 2 aromatic rings. The van der Waals surface area contributed by atoms with Gasteiger partial charge in [0.2, 0.25) is 12.1 Å². The molecule has 3 heteroatoms. The van der Waals surface area contributed by atoms with Crippen LogP contribution in [0.5, 0.6) is 5.75 Å². The number of benzene rings is 1. The summed E-state index contributed by atoms with van der Waals surface area (Å²) in [6.07, 6.45) is 5.42. The van der Waals surface area contributed by atoms with Gasteiger partial charge in [-0.15, -0.1) is 6.42 Å². The average molecular weight is 306 g/mol. The maximum Gasteiger partial charge on any atom is 0.217 e. The number of aromatic nitrogens is 1. The standard InChI is InChI=1S/C15H16NO.BrH/c1-4-11-16-12(3)9-10-13-14(16)7-6-8-15(13)17-5-2;/h1,6-10H,5,11H2,2-3H3;1H/q+1;/p-1. The molecule has 0 bridgehead atoms. The molecule has 1 aromatic carbocycles. The molecule has 2 nitrogen and oxygen atoms in total. The molecular formula is C15H16BrNO. The second-order valence-corrected chi connectivity index (χ2v) is 3.89. The molecule has 0 spiro atoms. The third-order valence-electron chi connectivity index (χ3n) is 2.80. The first kappa shape index (κ1) is 14.5. The van der Waals surface area contributed by atoms with Gasteiger partial charge in [-0.2, -0.15) is 4.57 Å². The van der Waals surface area contributed by atoms with Crippen molar-refractivity contribution in [2.75, 3.05) is 6.61 Å². The minimum atomic E-state index is 0. The normalized spacial score (nSPS) is 9.61. The summed E-state index contributed by atoms with van der Waals surface area (Å²) in [6, 6.07) is 10.2. The fourth-order valence-corrected chi connectivity index (χ4v) is 2.00. The molecule has 0 saturated carbocycles. The van der Waals surface area contributed by atoms with Gasteiger partial charge < -0.3 is 21.7 Å². The van der Waals surface area contributed by atoms with E-state index in [1.54, 1.807) is 0 Å². The predicted molar refractivity (Wildman–Crippen MR) is 68.9 cm³/mol. The highest BCUT2D eigenvalue weighted by atomic mass is 79.9. The second-order valence-electron chi connectivity index (χ2n) is 3.89. The van der Waals surface area contributed by atoms with Crippen LogP contribution < -0.4 is 26.3 Å². The summed E-state index contributed by atoms with van der Waals surface area (Å²) in [6.45, 7) is 5.30. The average Bonchev–Trinajstić information content (AvgIpc) is 2.34. The van der Waals surface area contributed by atoms with Crippen molar-refractivity contribution in [3.8, 4) is 18.1 Å². The Hall–Kier alpha value is -1.53. The van der Waals surface area contributed by atoms with Gasteiger partial charge in [-0.1, -0.05) is 6.07 Å². The molecule has 94 valence electrons. The van der Waals surface area contributed by atoms with Crippen LogP contribution in [0.2, 0.25) is 0 Å². The Morgan fingerprint density at radius 1 is 1.28 bits per heavy atom. The molecule has 18 heavy (non-hydrogen) atoms. The van der Waals surface area contributed by atoms with Crippen LogP contribution in [0.4, 0.5) is 0 Å². The zero-order chi connectivity index (χ0) is 12.3. The molecule has 0 N–H and O–H groups in total. The van der Waals surface area contributed by atoms with Crippen molar-refractivity contribution in [1.29, 1.82) is 0 Å². The van der Waals surface area contributed by atoms with Crippen molar-refractivity contribution in [1.82, 2.24) is 0 Å². The van der Waals surface area contributed by atoms with Crippen molar-refractivity contribution in [3.63, 3.8) is 0 Å². The molecule has 0 aliphatic rings. The van der Waals surface area contributed by atoms with Gasteiger partial charge in [0.25, 0.3) is 0 Å². The highest BCUT2D eigenvalue weighted by Gasteiger charge is 2.13. The van der Waals surface area contributed by atoms with Gasteiger partial charge in [0, 0.05) is 19.1 Å². The van der Waals surface area contributed by atoms with Gasteiger partial charge in [0.15, 0.2) is 5.69 Å². The highest BCUT2D eigenvalue weighted by molar-refractivity contribution is 5.82. The Kier molecular flexibility index (Phi) is 5.18. The lowest BCUT2D eigenvalue weighted by molar-refractivity contribution is -0.664. The van der Waals surface area contributed by atoms with Crippen LogP contribution in [0.3, 0.4) is 0 Å². The van der Waals surface area contributed by atoms with Gasteiger partial charge in [0.1, 0.15) is 5.75 Å². The largest absolute Gasteiger partial charge is 1.00 e. The molecule has 0 aliphatic heterocycles. The van der Waals surface area contributed by atoms with E-state index in [0.29, 0.717) is 13.2 Å². The van der Waals surface area contributed by atoms with Crippen molar-refractivity contribution in [2.24, 2.45) is 0 Å². The number of rotatable bonds is 3. The number of hydrogen-bond donors (Lipinski definition) is 0. The number of terminal acetylenes is 1. The van der Waals surface area contributed by atoms with Crippen LogP contribution >= 0.6 is 0 Å². The molecular weight excluding hydrogens is 290 g/mol. The minimum Gasteiger partial charge on any atom is -1.00 e. The van der Waals surface area contributed by atoms with E-state index >= 15 is 0 Å². The van der Waals surface area contributed by atoms with Crippen LogP contribution in [0.1, 0.15) is 12.6 Å². The molecule has 0 fully saturated rings. The summed E-state index contributed by atoms with van der Waals surface area (Å²) < 4.78 is 7.75. The van der Waals surface area contributed by atoms with Gasteiger partial charge in [0.05, 0.1) is 12.0 Å². The number of hydrogen-bond acceptors (Lipinski definition) is 1. The van der Waals surface area contributed by atoms with Crippen LogP contribution in [-0.2, 0) is 6.54 Å². The predicted octanol–water partition coefficient (Wildman–Crippen LogP) is -0.528. The number of pyridine rings is 1. The van der Waals surface area contributed by atoms with Crippen molar-refractivity contribution in [3.05, 3.63) is 36.0 Å². The van der Waals surface area contributed by atoms with Crippen LogP contribution in [0.15, 0.2) is 30.3 Å². The molecule has 0 unspecified atom stereocenters. The summed E-state index contributed by atoms with van der Waals surface area (Å²) in [5.41, 5.74) is 2.28. The summed E-state index contributed by atoms with van der Waals surface area (Å²) in [4.78, 5) is 0. The lowest BCUT2D eigenvalue weighted by atomic mass is 10.1. The Balaban J connectivity index is 0.00000162. The lowest BCUT2D eigenvalue weighted by Gasteiger charge is -2.07. The van der Waals surface area contributed by atoms with E-state index in [1.807, 2.05) is 19.1 Å². The molecule has 0 aliphatic carbocycles. The lowest BCUT2D eigenvalue weighted by Crippen LogP contribution is -3.00. The topological polar surface area (TPSA) is 13.1 Å². The highest BCUT2D eigenvalue weighted by Crippen LogP contribution is 2.23. The molecule has 0 amide bonds. The van der Waals surface area contributed by atoms with Gasteiger partial charge in [-0.25, -0.2) is 0 Å². The summed E-state index contributed by atoms with van der Waals surface area (Å²) in [7, 11) is 0. The van der Waals surface area contributed by atoms with E-state index in [-0.39, 0.29) is 17.0 Å². The zero-order valence-electron chi connectivity index (χ0n) is 10.6. The Bertz CT molecular complexity index is 587. The van der Waals surface area contributed by atoms with Gasteiger partial charge in [-0.3, -0.25) is 0 Å². The summed E-state index contributed by atoms with van der Waals surface area (Å²) in [5, 5.41) is 1.11. The van der Waals surface area contributed by atoms with E-state index in [4.69, 9.17) is 11.2 Å². The number of aryl methyl sites for hydroxylation is 1. The Morgan fingerprint density at radius 2 is 2.06 bits per heavy atom. The Morgan fingerprint density at radius 3 is 2.72 bits per heavy atom.